The predicted molar refractivity (Wildman–Crippen MR) is 58.2 cm³/mol. The van der Waals surface area contributed by atoms with Gasteiger partial charge in [0.15, 0.2) is 0 Å². The van der Waals surface area contributed by atoms with E-state index in [1.54, 1.807) is 17.7 Å². The number of hydrogen-bond acceptors (Lipinski definition) is 4. The summed E-state index contributed by atoms with van der Waals surface area (Å²) in [6.07, 6.45) is 0.665. The lowest BCUT2D eigenvalue weighted by atomic mass is 10.2. The van der Waals surface area contributed by atoms with Crippen LogP contribution in [0.4, 0.5) is 13.2 Å². The van der Waals surface area contributed by atoms with Crippen LogP contribution in [0, 0.1) is 0 Å². The highest BCUT2D eigenvalue weighted by Gasteiger charge is 2.38. The molecule has 19 heavy (non-hydrogen) atoms. The van der Waals surface area contributed by atoms with E-state index in [0.717, 1.165) is 5.56 Å². The monoisotopic (exact) mass is 273 g/mol. The van der Waals surface area contributed by atoms with Crippen LogP contribution in [0.2, 0.25) is 0 Å². The maximum absolute atomic E-state index is 11.9. The number of nitrogens with zero attached hydrogens (tertiary/aromatic N) is 4. The van der Waals surface area contributed by atoms with Crippen molar-refractivity contribution in [3.63, 3.8) is 0 Å². The van der Waals surface area contributed by atoms with E-state index in [-0.39, 0.29) is 6.54 Å². The lowest BCUT2D eigenvalue weighted by Gasteiger charge is -2.07. The van der Waals surface area contributed by atoms with Gasteiger partial charge >= 0.3 is 12.1 Å². The van der Waals surface area contributed by atoms with Gasteiger partial charge in [-0.25, -0.2) is 9.50 Å². The number of fused-ring (bicyclic) bond motifs is 1. The summed E-state index contributed by atoms with van der Waals surface area (Å²) in [7, 11) is 0. The Hall–Kier alpha value is -2.19. The Morgan fingerprint density at radius 3 is 2.89 bits per heavy atom. The minimum absolute atomic E-state index is 0.0479. The number of rotatable bonds is 4. The number of carbonyl (C=O) groups excluding carboxylic acids is 1. The van der Waals surface area contributed by atoms with Crippen molar-refractivity contribution >= 4 is 11.7 Å². The Morgan fingerprint density at radius 2 is 2.16 bits per heavy atom. The molecule has 9 heteroatoms. The van der Waals surface area contributed by atoms with Crippen molar-refractivity contribution in [1.29, 1.82) is 0 Å². The summed E-state index contributed by atoms with van der Waals surface area (Å²) in [4.78, 5) is 18.4. The quantitative estimate of drug-likeness (QED) is 0.834. The third-order valence-corrected chi connectivity index (χ3v) is 2.37. The molecule has 0 aromatic carbocycles. The molecule has 0 atom stereocenters. The summed E-state index contributed by atoms with van der Waals surface area (Å²) < 4.78 is 37.2. The van der Waals surface area contributed by atoms with Crippen molar-refractivity contribution < 1.29 is 18.0 Å². The van der Waals surface area contributed by atoms with Gasteiger partial charge in [0.25, 0.3) is 5.78 Å². The number of aryl methyl sites for hydroxylation is 1. The van der Waals surface area contributed by atoms with Gasteiger partial charge in [-0.3, -0.25) is 4.79 Å². The van der Waals surface area contributed by atoms with E-state index >= 15 is 0 Å². The van der Waals surface area contributed by atoms with E-state index in [4.69, 9.17) is 0 Å². The summed E-state index contributed by atoms with van der Waals surface area (Å²) >= 11 is 0. The van der Waals surface area contributed by atoms with Crippen LogP contribution in [0.1, 0.15) is 12.0 Å². The zero-order chi connectivity index (χ0) is 13.9. The van der Waals surface area contributed by atoms with Crippen LogP contribution >= 0.6 is 0 Å². The molecule has 2 aromatic rings. The van der Waals surface area contributed by atoms with Crippen LogP contribution in [0.3, 0.4) is 0 Å². The smallest absolute Gasteiger partial charge is 0.348 e. The molecule has 0 saturated heterocycles. The van der Waals surface area contributed by atoms with Gasteiger partial charge in [0.1, 0.15) is 6.33 Å². The van der Waals surface area contributed by atoms with Crippen molar-refractivity contribution in [2.45, 2.75) is 19.0 Å². The maximum Gasteiger partial charge on any atom is 0.471 e. The molecule has 0 saturated carbocycles. The fraction of sp³-hybridized carbons (Fsp3) is 0.400. The highest BCUT2D eigenvalue weighted by atomic mass is 19.4. The molecule has 2 heterocycles. The number of aromatic nitrogens is 4. The molecule has 0 fully saturated rings. The first kappa shape index (κ1) is 13.2. The molecule has 2 aromatic heterocycles. The van der Waals surface area contributed by atoms with Gasteiger partial charge in [0, 0.05) is 18.9 Å². The van der Waals surface area contributed by atoms with Crippen molar-refractivity contribution in [3.8, 4) is 0 Å². The van der Waals surface area contributed by atoms with Crippen LogP contribution in [-0.4, -0.2) is 38.2 Å². The maximum atomic E-state index is 11.9. The van der Waals surface area contributed by atoms with Crippen molar-refractivity contribution in [2.75, 3.05) is 6.54 Å². The first-order valence-corrected chi connectivity index (χ1v) is 5.46. The van der Waals surface area contributed by atoms with Gasteiger partial charge in [-0.05, 0) is 18.4 Å². The fourth-order valence-corrected chi connectivity index (χ4v) is 1.48. The standard InChI is InChI=1S/C10H10F3N5O/c11-10(12,13)8(19)14-3-1-2-7-4-15-9-16-6-17-18(9)5-7/h4-6H,1-3H2,(H,14,19). The summed E-state index contributed by atoms with van der Waals surface area (Å²) in [5.41, 5.74) is 0.805. The highest BCUT2D eigenvalue weighted by molar-refractivity contribution is 5.81. The predicted octanol–water partition coefficient (Wildman–Crippen LogP) is 0.735. The Labute approximate surface area is 105 Å². The molecule has 0 spiro atoms. The zero-order valence-electron chi connectivity index (χ0n) is 9.68. The molecule has 0 unspecified atom stereocenters. The molecule has 0 bridgehead atoms. The first-order valence-electron chi connectivity index (χ1n) is 5.46. The second-order valence-electron chi connectivity index (χ2n) is 3.82. The molecule has 0 aliphatic carbocycles. The molecular weight excluding hydrogens is 263 g/mol. The van der Waals surface area contributed by atoms with E-state index in [2.05, 4.69) is 15.1 Å². The Balaban J connectivity index is 1.81. The first-order chi connectivity index (χ1) is 8.97. The summed E-state index contributed by atoms with van der Waals surface area (Å²) in [5.74, 6) is -1.47. The van der Waals surface area contributed by atoms with E-state index in [1.807, 2.05) is 0 Å². The Kier molecular flexibility index (Phi) is 3.63. The lowest BCUT2D eigenvalue weighted by Crippen LogP contribution is -2.37. The van der Waals surface area contributed by atoms with Crippen molar-refractivity contribution in [2.24, 2.45) is 0 Å². The van der Waals surface area contributed by atoms with Gasteiger partial charge in [0.2, 0.25) is 0 Å². The summed E-state index contributed by atoms with van der Waals surface area (Å²) in [6.45, 7) is -0.0479. The Bertz CT molecular complexity index is 580. The highest BCUT2D eigenvalue weighted by Crippen LogP contribution is 2.13. The number of amides is 1. The normalized spacial score (nSPS) is 11.7. The van der Waals surface area contributed by atoms with Gasteiger partial charge in [0.05, 0.1) is 0 Å². The Morgan fingerprint density at radius 1 is 1.37 bits per heavy atom. The molecule has 6 nitrogen and oxygen atoms in total. The topological polar surface area (TPSA) is 72.2 Å². The van der Waals surface area contributed by atoms with E-state index in [0.29, 0.717) is 18.6 Å². The van der Waals surface area contributed by atoms with E-state index < -0.39 is 12.1 Å². The second-order valence-corrected chi connectivity index (χ2v) is 3.82. The number of halogens is 3. The average Bonchev–Trinajstić information content (AvgIpc) is 2.80. The van der Waals surface area contributed by atoms with Crippen LogP contribution in [-0.2, 0) is 11.2 Å². The number of alkyl halides is 3. The van der Waals surface area contributed by atoms with Crippen molar-refractivity contribution in [1.82, 2.24) is 24.9 Å². The van der Waals surface area contributed by atoms with Crippen LogP contribution in [0.25, 0.3) is 5.78 Å². The minimum Gasteiger partial charge on any atom is -0.348 e. The molecular formula is C10H10F3N5O. The number of carbonyl (C=O) groups is 1. The molecule has 2 rings (SSSR count). The summed E-state index contributed by atoms with van der Waals surface area (Å²) in [5, 5.41) is 5.70. The summed E-state index contributed by atoms with van der Waals surface area (Å²) in [6, 6.07) is 0. The molecule has 102 valence electrons. The SMILES string of the molecule is O=C(NCCCc1cnc2ncnn2c1)C(F)(F)F. The average molecular weight is 273 g/mol. The number of hydrogen-bond donors (Lipinski definition) is 1. The van der Waals surface area contributed by atoms with E-state index in [9.17, 15) is 18.0 Å². The molecule has 0 radical (unpaired) electrons. The van der Waals surface area contributed by atoms with Crippen LogP contribution in [0.15, 0.2) is 18.7 Å². The van der Waals surface area contributed by atoms with Crippen LogP contribution in [0.5, 0.6) is 0 Å². The fourth-order valence-electron chi connectivity index (χ4n) is 1.48. The van der Waals surface area contributed by atoms with Gasteiger partial charge in [-0.15, -0.1) is 0 Å². The lowest BCUT2D eigenvalue weighted by molar-refractivity contribution is -0.173. The molecule has 0 aliphatic rings. The van der Waals surface area contributed by atoms with E-state index in [1.165, 1.54) is 10.8 Å². The van der Waals surface area contributed by atoms with Crippen LogP contribution < -0.4 is 5.32 Å². The zero-order valence-corrected chi connectivity index (χ0v) is 9.68. The minimum atomic E-state index is -4.83. The molecule has 1 N–H and O–H groups in total. The molecule has 0 aliphatic heterocycles. The second kappa shape index (κ2) is 5.21. The molecule has 1 amide bonds. The number of nitrogens with one attached hydrogen (secondary N) is 1. The van der Waals surface area contributed by atoms with Gasteiger partial charge < -0.3 is 5.32 Å². The van der Waals surface area contributed by atoms with Crippen molar-refractivity contribution in [3.05, 3.63) is 24.3 Å². The third kappa shape index (κ3) is 3.39. The largest absolute Gasteiger partial charge is 0.471 e. The van der Waals surface area contributed by atoms with Gasteiger partial charge in [-0.1, -0.05) is 0 Å². The third-order valence-electron chi connectivity index (χ3n) is 2.37. The van der Waals surface area contributed by atoms with Gasteiger partial charge in [-0.2, -0.15) is 23.3 Å².